The summed E-state index contributed by atoms with van der Waals surface area (Å²) in [6.45, 7) is 3.76. The number of Topliss-reactive ketones (excluding diaryl/α,β-unsaturated/α-hetero) is 1. The van der Waals surface area contributed by atoms with Crippen LogP contribution in [0, 0.1) is 5.92 Å². The molecule has 0 aliphatic rings. The van der Waals surface area contributed by atoms with Gasteiger partial charge in [0.2, 0.25) is 0 Å². The van der Waals surface area contributed by atoms with Crippen LogP contribution in [-0.2, 0) is 0 Å². The summed E-state index contributed by atoms with van der Waals surface area (Å²) in [7, 11) is 0. The van der Waals surface area contributed by atoms with Crippen molar-refractivity contribution < 1.29 is 4.79 Å². The molecule has 64 valence electrons. The SMILES string of the molecule is CC(C)C(=O)c1ccc(Br)nc1. The van der Waals surface area contributed by atoms with Crippen LogP contribution in [-0.4, -0.2) is 10.8 Å². The van der Waals surface area contributed by atoms with Gasteiger partial charge in [-0.3, -0.25) is 4.79 Å². The molecule has 2 nitrogen and oxygen atoms in total. The van der Waals surface area contributed by atoms with Crippen LogP contribution in [0.2, 0.25) is 0 Å². The summed E-state index contributed by atoms with van der Waals surface area (Å²) >= 11 is 3.21. The van der Waals surface area contributed by atoms with Crippen LogP contribution in [0.3, 0.4) is 0 Å². The highest BCUT2D eigenvalue weighted by atomic mass is 79.9. The molecule has 1 heterocycles. The van der Waals surface area contributed by atoms with Gasteiger partial charge in [-0.2, -0.15) is 0 Å². The van der Waals surface area contributed by atoms with E-state index >= 15 is 0 Å². The second-order valence-electron chi connectivity index (χ2n) is 2.89. The quantitative estimate of drug-likeness (QED) is 0.575. The number of aromatic nitrogens is 1. The zero-order valence-electron chi connectivity index (χ0n) is 7.04. The maximum Gasteiger partial charge on any atom is 0.166 e. The van der Waals surface area contributed by atoms with Gasteiger partial charge in [0.25, 0.3) is 0 Å². The van der Waals surface area contributed by atoms with Gasteiger partial charge in [-0.15, -0.1) is 0 Å². The Hall–Kier alpha value is -0.700. The first-order valence-corrected chi connectivity index (χ1v) is 4.56. The predicted molar refractivity (Wildman–Crippen MR) is 51.1 cm³/mol. The Morgan fingerprint density at radius 1 is 1.50 bits per heavy atom. The molecule has 0 saturated heterocycles. The highest BCUT2D eigenvalue weighted by Gasteiger charge is 2.09. The molecule has 0 N–H and O–H groups in total. The monoisotopic (exact) mass is 227 g/mol. The normalized spacial score (nSPS) is 10.3. The number of pyridine rings is 1. The molecule has 0 aliphatic carbocycles. The fourth-order valence-electron chi connectivity index (χ4n) is 0.855. The number of hydrogen-bond acceptors (Lipinski definition) is 2. The lowest BCUT2D eigenvalue weighted by Crippen LogP contribution is -2.07. The number of hydrogen-bond donors (Lipinski definition) is 0. The van der Waals surface area contributed by atoms with E-state index in [0.29, 0.717) is 5.56 Å². The number of nitrogens with zero attached hydrogens (tertiary/aromatic N) is 1. The van der Waals surface area contributed by atoms with Crippen LogP contribution >= 0.6 is 15.9 Å². The predicted octanol–water partition coefficient (Wildman–Crippen LogP) is 2.68. The topological polar surface area (TPSA) is 30.0 Å². The molecule has 1 aromatic rings. The standard InChI is InChI=1S/C9H10BrNO/c1-6(2)9(12)7-3-4-8(10)11-5-7/h3-6H,1-2H3. The van der Waals surface area contributed by atoms with Crippen molar-refractivity contribution in [2.75, 3.05) is 0 Å². The van der Waals surface area contributed by atoms with Gasteiger partial charge in [0.15, 0.2) is 5.78 Å². The summed E-state index contributed by atoms with van der Waals surface area (Å²) in [5, 5.41) is 0. The first-order valence-electron chi connectivity index (χ1n) is 3.77. The van der Waals surface area contributed by atoms with Crippen molar-refractivity contribution in [2.45, 2.75) is 13.8 Å². The van der Waals surface area contributed by atoms with Crippen molar-refractivity contribution in [3.8, 4) is 0 Å². The molecule has 1 aromatic heterocycles. The van der Waals surface area contributed by atoms with Gasteiger partial charge in [0, 0.05) is 17.7 Å². The molecule has 0 unspecified atom stereocenters. The van der Waals surface area contributed by atoms with Gasteiger partial charge in [-0.05, 0) is 28.1 Å². The molecule has 3 heteroatoms. The van der Waals surface area contributed by atoms with Crippen molar-refractivity contribution in [1.29, 1.82) is 0 Å². The maximum absolute atomic E-state index is 11.4. The van der Waals surface area contributed by atoms with E-state index in [-0.39, 0.29) is 11.7 Å². The minimum atomic E-state index is 0.0352. The van der Waals surface area contributed by atoms with Gasteiger partial charge in [0.1, 0.15) is 4.60 Å². The second kappa shape index (κ2) is 3.81. The Morgan fingerprint density at radius 3 is 2.58 bits per heavy atom. The second-order valence-corrected chi connectivity index (χ2v) is 3.70. The molecule has 0 fully saturated rings. The van der Waals surface area contributed by atoms with Gasteiger partial charge in [-0.1, -0.05) is 13.8 Å². The first kappa shape index (κ1) is 9.39. The van der Waals surface area contributed by atoms with Gasteiger partial charge in [-0.25, -0.2) is 4.98 Å². The summed E-state index contributed by atoms with van der Waals surface area (Å²) in [5.74, 6) is 0.169. The third kappa shape index (κ3) is 2.14. The van der Waals surface area contributed by atoms with Crippen LogP contribution in [0.25, 0.3) is 0 Å². The molecule has 0 amide bonds. The summed E-state index contributed by atoms with van der Waals surface area (Å²) in [5.41, 5.74) is 0.674. The van der Waals surface area contributed by atoms with Gasteiger partial charge >= 0.3 is 0 Å². The van der Waals surface area contributed by atoms with E-state index in [1.165, 1.54) is 0 Å². The fourth-order valence-corrected chi connectivity index (χ4v) is 1.09. The molecule has 0 atom stereocenters. The summed E-state index contributed by atoms with van der Waals surface area (Å²) in [6, 6.07) is 3.55. The number of carbonyl (C=O) groups is 1. The largest absolute Gasteiger partial charge is 0.294 e. The molecule has 1 rings (SSSR count). The molecule has 0 aromatic carbocycles. The van der Waals surface area contributed by atoms with E-state index in [9.17, 15) is 4.79 Å². The summed E-state index contributed by atoms with van der Waals surface area (Å²) in [6.07, 6.45) is 1.59. The van der Waals surface area contributed by atoms with Crippen LogP contribution in [0.5, 0.6) is 0 Å². The maximum atomic E-state index is 11.4. The summed E-state index contributed by atoms with van der Waals surface area (Å²) in [4.78, 5) is 15.4. The Bertz CT molecular complexity index is 279. The lowest BCUT2D eigenvalue weighted by atomic mass is 10.0. The third-order valence-electron chi connectivity index (χ3n) is 1.54. The minimum absolute atomic E-state index is 0.0352. The Balaban J connectivity index is 2.90. The van der Waals surface area contributed by atoms with Crippen LogP contribution in [0.1, 0.15) is 24.2 Å². The minimum Gasteiger partial charge on any atom is -0.294 e. The average molecular weight is 228 g/mol. The van der Waals surface area contributed by atoms with E-state index in [1.807, 2.05) is 13.8 Å². The molecule has 0 radical (unpaired) electrons. The Labute approximate surface area is 80.1 Å². The van der Waals surface area contributed by atoms with Crippen molar-refractivity contribution in [3.05, 3.63) is 28.5 Å². The number of halogens is 1. The average Bonchev–Trinajstić information content (AvgIpc) is 2.04. The van der Waals surface area contributed by atoms with E-state index in [1.54, 1.807) is 18.3 Å². The lowest BCUT2D eigenvalue weighted by Gasteiger charge is -2.02. The first-order chi connectivity index (χ1) is 5.61. The molecule has 0 bridgehead atoms. The van der Waals surface area contributed by atoms with Crippen LogP contribution < -0.4 is 0 Å². The van der Waals surface area contributed by atoms with E-state index < -0.39 is 0 Å². The van der Waals surface area contributed by atoms with Crippen LogP contribution in [0.15, 0.2) is 22.9 Å². The van der Waals surface area contributed by atoms with Gasteiger partial charge in [0.05, 0.1) is 0 Å². The zero-order valence-corrected chi connectivity index (χ0v) is 8.63. The number of rotatable bonds is 2. The van der Waals surface area contributed by atoms with Crippen molar-refractivity contribution in [2.24, 2.45) is 5.92 Å². The highest BCUT2D eigenvalue weighted by molar-refractivity contribution is 9.10. The fraction of sp³-hybridized carbons (Fsp3) is 0.333. The Morgan fingerprint density at radius 2 is 2.17 bits per heavy atom. The Kier molecular flexibility index (Phi) is 2.98. The van der Waals surface area contributed by atoms with Gasteiger partial charge < -0.3 is 0 Å². The van der Waals surface area contributed by atoms with E-state index in [2.05, 4.69) is 20.9 Å². The molecular weight excluding hydrogens is 218 g/mol. The van der Waals surface area contributed by atoms with Crippen molar-refractivity contribution in [3.63, 3.8) is 0 Å². The molecule has 0 aliphatic heterocycles. The third-order valence-corrected chi connectivity index (χ3v) is 2.01. The molecular formula is C9H10BrNO. The van der Waals surface area contributed by atoms with Crippen molar-refractivity contribution >= 4 is 21.7 Å². The molecule has 0 spiro atoms. The van der Waals surface area contributed by atoms with E-state index in [0.717, 1.165) is 4.60 Å². The van der Waals surface area contributed by atoms with Crippen LogP contribution in [0.4, 0.5) is 0 Å². The number of carbonyl (C=O) groups excluding carboxylic acids is 1. The molecule has 12 heavy (non-hydrogen) atoms. The highest BCUT2D eigenvalue weighted by Crippen LogP contribution is 2.10. The zero-order chi connectivity index (χ0) is 9.14. The van der Waals surface area contributed by atoms with E-state index in [4.69, 9.17) is 0 Å². The molecule has 0 saturated carbocycles. The lowest BCUT2D eigenvalue weighted by molar-refractivity contribution is 0.0939. The number of ketones is 1. The summed E-state index contributed by atoms with van der Waals surface area (Å²) < 4.78 is 0.753. The smallest absolute Gasteiger partial charge is 0.166 e. The van der Waals surface area contributed by atoms with Crippen molar-refractivity contribution in [1.82, 2.24) is 4.98 Å².